The maximum atomic E-state index is 11.0. The molecule has 2 N–H and O–H groups in total. The van der Waals surface area contributed by atoms with E-state index < -0.39 is 0 Å². The number of hydrogen-bond donors (Lipinski definition) is 2. The Hall–Kier alpha value is -3.32. The molecule has 7 heteroatoms. The smallest absolute Gasteiger partial charge is 0.176 e. The van der Waals surface area contributed by atoms with Crippen LogP contribution in [0.15, 0.2) is 66.0 Å². The summed E-state index contributed by atoms with van der Waals surface area (Å²) < 4.78 is 1.16. The molecule has 132 valence electrons. The Balaban J connectivity index is 1.80. The minimum atomic E-state index is 0.493. The zero-order valence-electron chi connectivity index (χ0n) is 14.4. The molecule has 6 nitrogen and oxygen atoms in total. The minimum absolute atomic E-state index is 0.493. The highest BCUT2D eigenvalue weighted by molar-refractivity contribution is 7.98. The largest absolute Gasteiger partial charge is 0.426 e. The van der Waals surface area contributed by atoms with Crippen molar-refractivity contribution in [3.05, 3.63) is 61.1 Å². The maximum Gasteiger partial charge on any atom is 0.176 e. The molecule has 0 saturated carbocycles. The first-order valence-electron chi connectivity index (χ1n) is 8.39. The number of imidazole rings is 1. The van der Waals surface area contributed by atoms with Crippen LogP contribution in [0.3, 0.4) is 0 Å². The van der Waals surface area contributed by atoms with Crippen molar-refractivity contribution in [2.75, 3.05) is 11.6 Å². The summed E-state index contributed by atoms with van der Waals surface area (Å²) in [5, 5.41) is 14.3. The number of benzene rings is 1. The molecule has 1 aliphatic rings. The normalized spacial score (nSPS) is 11.7. The van der Waals surface area contributed by atoms with Gasteiger partial charge in [-0.15, -0.1) is 11.8 Å². The van der Waals surface area contributed by atoms with Crippen LogP contribution in [0.2, 0.25) is 0 Å². The zero-order chi connectivity index (χ0) is 18.4. The molecule has 1 aromatic carbocycles. The van der Waals surface area contributed by atoms with E-state index in [1.807, 2.05) is 48.7 Å². The number of aromatic nitrogens is 4. The van der Waals surface area contributed by atoms with Gasteiger partial charge in [-0.2, -0.15) is 4.73 Å². The van der Waals surface area contributed by atoms with Crippen LogP contribution in [0.5, 0.6) is 0 Å². The van der Waals surface area contributed by atoms with Crippen LogP contribution in [0.25, 0.3) is 33.9 Å². The highest BCUT2D eigenvalue weighted by atomic mass is 32.2. The van der Waals surface area contributed by atoms with Crippen LogP contribution in [0.1, 0.15) is 0 Å². The van der Waals surface area contributed by atoms with E-state index in [0.29, 0.717) is 23.0 Å². The molecule has 0 amide bonds. The highest BCUT2D eigenvalue weighted by Gasteiger charge is 2.27. The van der Waals surface area contributed by atoms with Crippen LogP contribution in [-0.2, 0) is 0 Å². The first-order valence-corrected chi connectivity index (χ1v) is 9.62. The van der Waals surface area contributed by atoms with Gasteiger partial charge in [-0.25, -0.2) is 9.97 Å². The molecule has 0 spiro atoms. The summed E-state index contributed by atoms with van der Waals surface area (Å²) in [5.74, 6) is 1.18. The van der Waals surface area contributed by atoms with Crippen molar-refractivity contribution in [1.82, 2.24) is 19.7 Å². The molecule has 1 aliphatic heterocycles. The topological polar surface area (TPSA) is 75.9 Å². The Morgan fingerprint density at radius 3 is 2.70 bits per heavy atom. The van der Waals surface area contributed by atoms with E-state index in [1.54, 1.807) is 30.4 Å². The second-order valence-electron chi connectivity index (χ2n) is 6.12. The summed E-state index contributed by atoms with van der Waals surface area (Å²) in [6.07, 6.45) is 7.19. The molecule has 27 heavy (non-hydrogen) atoms. The Bertz CT molecular complexity index is 1150. The summed E-state index contributed by atoms with van der Waals surface area (Å²) >= 11 is 1.68. The van der Waals surface area contributed by atoms with Gasteiger partial charge < -0.3 is 10.5 Å². The lowest BCUT2D eigenvalue weighted by Crippen LogP contribution is -1.99. The Labute approximate surface area is 159 Å². The van der Waals surface area contributed by atoms with Gasteiger partial charge in [-0.3, -0.25) is 4.98 Å². The van der Waals surface area contributed by atoms with Crippen molar-refractivity contribution in [1.29, 1.82) is 0 Å². The van der Waals surface area contributed by atoms with Crippen molar-refractivity contribution in [3.63, 3.8) is 0 Å². The molecule has 0 aliphatic carbocycles. The van der Waals surface area contributed by atoms with Gasteiger partial charge in [0.15, 0.2) is 5.82 Å². The average Bonchev–Trinajstić information content (AvgIpc) is 2.98. The standard InChI is InChI=1S/C20H15N5OS/c1-27-13-6-4-12(5-7-13)20-24-17-15-3-2-9-22-19(15)23-16-11-21-10-8-14(16)18(17)25(20)26/h2-11,26H,1H3,(H,22,23). The van der Waals surface area contributed by atoms with Gasteiger partial charge in [0.05, 0.1) is 11.9 Å². The SMILES string of the molecule is CSc1ccc(-c2nc3c(n2O)-c2ccncc2Nc2ncccc2-3)cc1. The minimum Gasteiger partial charge on any atom is -0.426 e. The number of rotatable bonds is 2. The van der Waals surface area contributed by atoms with E-state index in [0.717, 1.165) is 32.0 Å². The predicted octanol–water partition coefficient (Wildman–Crippen LogP) is 4.69. The number of pyridine rings is 2. The van der Waals surface area contributed by atoms with E-state index in [9.17, 15) is 5.21 Å². The first kappa shape index (κ1) is 15.9. The van der Waals surface area contributed by atoms with Crippen LogP contribution in [0, 0.1) is 0 Å². The fourth-order valence-electron chi connectivity index (χ4n) is 3.29. The summed E-state index contributed by atoms with van der Waals surface area (Å²) in [6, 6.07) is 13.7. The van der Waals surface area contributed by atoms with Gasteiger partial charge >= 0.3 is 0 Å². The van der Waals surface area contributed by atoms with Crippen LogP contribution in [-0.4, -0.2) is 31.1 Å². The second-order valence-corrected chi connectivity index (χ2v) is 7.00. The fraction of sp³-hybridized carbons (Fsp3) is 0.0500. The number of anilines is 2. The molecule has 4 aromatic rings. The van der Waals surface area contributed by atoms with Crippen LogP contribution < -0.4 is 5.32 Å². The van der Waals surface area contributed by atoms with Crippen LogP contribution >= 0.6 is 11.8 Å². The lowest BCUT2D eigenvalue weighted by molar-refractivity contribution is 0.195. The zero-order valence-corrected chi connectivity index (χ0v) is 15.2. The molecule has 0 bridgehead atoms. The average molecular weight is 373 g/mol. The number of fused-ring (bicyclic) bond motifs is 5. The fourth-order valence-corrected chi connectivity index (χ4v) is 3.70. The lowest BCUT2D eigenvalue weighted by Gasteiger charge is -2.09. The van der Waals surface area contributed by atoms with E-state index in [1.165, 1.54) is 0 Å². The van der Waals surface area contributed by atoms with E-state index in [4.69, 9.17) is 4.98 Å². The molecule has 4 heterocycles. The summed E-state index contributed by atoms with van der Waals surface area (Å²) in [5.41, 5.74) is 4.57. The highest BCUT2D eigenvalue weighted by Crippen LogP contribution is 2.44. The van der Waals surface area contributed by atoms with E-state index in [-0.39, 0.29) is 0 Å². The number of nitrogens with one attached hydrogen (secondary N) is 1. The van der Waals surface area contributed by atoms with Gasteiger partial charge in [0.1, 0.15) is 17.2 Å². The van der Waals surface area contributed by atoms with Crippen molar-refractivity contribution >= 4 is 23.3 Å². The van der Waals surface area contributed by atoms with Gasteiger partial charge in [-0.1, -0.05) is 12.1 Å². The van der Waals surface area contributed by atoms with Crippen molar-refractivity contribution in [2.24, 2.45) is 0 Å². The molecule has 0 fully saturated rings. The number of thioether (sulfide) groups is 1. The quantitative estimate of drug-likeness (QED) is 0.345. The lowest BCUT2D eigenvalue weighted by atomic mass is 10.1. The Morgan fingerprint density at radius 2 is 1.89 bits per heavy atom. The molecule has 0 unspecified atom stereocenters. The Kier molecular flexibility index (Phi) is 3.61. The predicted molar refractivity (Wildman–Crippen MR) is 106 cm³/mol. The number of hydrogen-bond acceptors (Lipinski definition) is 6. The molecule has 0 atom stereocenters. The van der Waals surface area contributed by atoms with Crippen LogP contribution in [0.4, 0.5) is 11.5 Å². The van der Waals surface area contributed by atoms with Gasteiger partial charge in [-0.05, 0) is 36.6 Å². The molecular formula is C20H15N5OS. The molecule has 0 saturated heterocycles. The third-order valence-corrected chi connectivity index (χ3v) is 5.34. The molecular weight excluding hydrogens is 358 g/mol. The van der Waals surface area contributed by atoms with Crippen molar-refractivity contribution in [2.45, 2.75) is 4.90 Å². The summed E-state index contributed by atoms with van der Waals surface area (Å²) in [4.78, 5) is 14.6. The van der Waals surface area contributed by atoms with Gasteiger partial charge in [0.25, 0.3) is 0 Å². The van der Waals surface area contributed by atoms with Crippen molar-refractivity contribution < 1.29 is 5.21 Å². The number of nitrogens with zero attached hydrogens (tertiary/aromatic N) is 4. The monoisotopic (exact) mass is 373 g/mol. The third kappa shape index (κ3) is 2.47. The third-order valence-electron chi connectivity index (χ3n) is 4.59. The first-order chi connectivity index (χ1) is 13.3. The summed E-state index contributed by atoms with van der Waals surface area (Å²) in [7, 11) is 0. The van der Waals surface area contributed by atoms with E-state index in [2.05, 4.69) is 15.3 Å². The molecule has 3 aromatic heterocycles. The molecule has 0 radical (unpaired) electrons. The van der Waals surface area contributed by atoms with Gasteiger partial charge in [0, 0.05) is 34.0 Å². The molecule has 5 rings (SSSR count). The van der Waals surface area contributed by atoms with E-state index >= 15 is 0 Å². The Morgan fingerprint density at radius 1 is 1.04 bits per heavy atom. The van der Waals surface area contributed by atoms with Crippen molar-refractivity contribution in [3.8, 4) is 33.9 Å². The second kappa shape index (κ2) is 6.14. The summed E-state index contributed by atoms with van der Waals surface area (Å²) in [6.45, 7) is 0. The maximum absolute atomic E-state index is 11.0. The van der Waals surface area contributed by atoms with Gasteiger partial charge in [0.2, 0.25) is 0 Å².